The minimum atomic E-state index is -4.79. The van der Waals surface area contributed by atoms with E-state index in [0.29, 0.717) is 6.07 Å². The first-order chi connectivity index (χ1) is 6.36. The van der Waals surface area contributed by atoms with Crippen LogP contribution >= 0.6 is 11.6 Å². The maximum Gasteiger partial charge on any atom is 0.422 e. The lowest BCUT2D eigenvalue weighted by Crippen LogP contribution is -2.10. The van der Waals surface area contributed by atoms with Crippen LogP contribution < -0.4 is 4.74 Å². The van der Waals surface area contributed by atoms with Gasteiger partial charge in [-0.25, -0.2) is 4.39 Å². The van der Waals surface area contributed by atoms with Crippen LogP contribution in [0.15, 0.2) is 12.1 Å². The molecule has 1 aromatic rings. The Morgan fingerprint density at radius 3 is 2.29 bits per heavy atom. The molecule has 0 atom stereocenters. The van der Waals surface area contributed by atoms with Crippen molar-refractivity contribution >= 4 is 11.6 Å². The molecule has 6 heteroatoms. The Hall–Kier alpha value is -0.970. The second-order valence-corrected chi connectivity index (χ2v) is 2.90. The van der Waals surface area contributed by atoms with Crippen molar-refractivity contribution in [2.45, 2.75) is 6.18 Å². The summed E-state index contributed by atoms with van der Waals surface area (Å²) in [5, 5.41) is -0.146. The molecule has 1 rings (SSSR count). The van der Waals surface area contributed by atoms with Gasteiger partial charge >= 0.3 is 6.18 Å². The first-order valence-corrected chi connectivity index (χ1v) is 3.84. The Morgan fingerprint density at radius 1 is 1.29 bits per heavy atom. The number of benzene rings is 1. The molecular formula is C8H5ClF4O. The van der Waals surface area contributed by atoms with E-state index >= 15 is 0 Å². The summed E-state index contributed by atoms with van der Waals surface area (Å²) in [4.78, 5) is 0. The zero-order valence-electron chi connectivity index (χ0n) is 6.95. The largest absolute Gasteiger partial charge is 0.496 e. The predicted octanol–water partition coefficient (Wildman–Crippen LogP) is 3.51. The third-order valence-electron chi connectivity index (χ3n) is 1.52. The van der Waals surface area contributed by atoms with E-state index in [9.17, 15) is 17.6 Å². The molecule has 0 aliphatic rings. The van der Waals surface area contributed by atoms with Gasteiger partial charge in [-0.2, -0.15) is 13.2 Å². The number of ether oxygens (including phenoxy) is 1. The monoisotopic (exact) mass is 228 g/mol. The van der Waals surface area contributed by atoms with Crippen molar-refractivity contribution in [3.8, 4) is 5.75 Å². The second-order valence-electron chi connectivity index (χ2n) is 2.46. The molecule has 1 nitrogen and oxygen atoms in total. The smallest absolute Gasteiger partial charge is 0.422 e. The highest BCUT2D eigenvalue weighted by molar-refractivity contribution is 6.30. The van der Waals surface area contributed by atoms with Crippen molar-refractivity contribution in [2.75, 3.05) is 7.11 Å². The molecule has 0 bridgehead atoms. The summed E-state index contributed by atoms with van der Waals surface area (Å²) in [7, 11) is 1.01. The Kier molecular flexibility index (Phi) is 2.89. The number of halogens is 5. The number of alkyl halides is 3. The van der Waals surface area contributed by atoms with Crippen LogP contribution in [0.4, 0.5) is 17.6 Å². The van der Waals surface area contributed by atoms with Crippen LogP contribution in [-0.2, 0) is 6.18 Å². The zero-order valence-corrected chi connectivity index (χ0v) is 7.71. The third kappa shape index (κ3) is 2.09. The highest BCUT2D eigenvalue weighted by Crippen LogP contribution is 2.39. The number of hydrogen-bond donors (Lipinski definition) is 0. The summed E-state index contributed by atoms with van der Waals surface area (Å²) in [6, 6.07) is 1.50. The van der Waals surface area contributed by atoms with E-state index < -0.39 is 23.3 Å². The van der Waals surface area contributed by atoms with Gasteiger partial charge in [0, 0.05) is 5.02 Å². The van der Waals surface area contributed by atoms with Crippen molar-refractivity contribution in [3.05, 3.63) is 28.5 Å². The van der Waals surface area contributed by atoms with E-state index in [1.54, 1.807) is 0 Å². The van der Waals surface area contributed by atoms with Crippen molar-refractivity contribution in [2.24, 2.45) is 0 Å². The Labute approximate surface area is 82.2 Å². The molecule has 0 N–H and O–H groups in total. The third-order valence-corrected chi connectivity index (χ3v) is 1.74. The molecule has 0 radical (unpaired) electrons. The molecule has 0 heterocycles. The Balaban J connectivity index is 3.40. The Bertz CT molecular complexity index is 348. The molecule has 14 heavy (non-hydrogen) atoms. The van der Waals surface area contributed by atoms with Gasteiger partial charge in [0.1, 0.15) is 17.1 Å². The lowest BCUT2D eigenvalue weighted by Gasteiger charge is -2.12. The SMILES string of the molecule is COc1cc(Cl)cc(F)c1C(F)(F)F. The van der Waals surface area contributed by atoms with E-state index in [1.807, 2.05) is 0 Å². The van der Waals surface area contributed by atoms with Crippen molar-refractivity contribution in [1.82, 2.24) is 0 Å². The molecule has 0 amide bonds. The molecule has 0 fully saturated rings. The Morgan fingerprint density at radius 2 is 1.86 bits per heavy atom. The van der Waals surface area contributed by atoms with Crippen LogP contribution in [0.5, 0.6) is 5.75 Å². The van der Waals surface area contributed by atoms with Crippen LogP contribution in [0.25, 0.3) is 0 Å². The van der Waals surface area contributed by atoms with Crippen molar-refractivity contribution in [1.29, 1.82) is 0 Å². The van der Waals surface area contributed by atoms with E-state index in [2.05, 4.69) is 4.74 Å². The van der Waals surface area contributed by atoms with E-state index in [4.69, 9.17) is 11.6 Å². The van der Waals surface area contributed by atoms with E-state index in [-0.39, 0.29) is 5.02 Å². The van der Waals surface area contributed by atoms with Gasteiger partial charge in [0.15, 0.2) is 0 Å². The van der Waals surface area contributed by atoms with Crippen LogP contribution in [0.2, 0.25) is 5.02 Å². The summed E-state index contributed by atoms with van der Waals surface area (Å²) < 4.78 is 54.1. The fourth-order valence-corrected chi connectivity index (χ4v) is 1.18. The van der Waals surface area contributed by atoms with E-state index in [1.165, 1.54) is 0 Å². The van der Waals surface area contributed by atoms with Gasteiger partial charge in [0.25, 0.3) is 0 Å². The average molecular weight is 229 g/mol. The summed E-state index contributed by atoms with van der Waals surface area (Å²) >= 11 is 5.36. The van der Waals surface area contributed by atoms with Crippen LogP contribution in [-0.4, -0.2) is 7.11 Å². The molecule has 1 aromatic carbocycles. The minimum absolute atomic E-state index is 0.146. The number of hydrogen-bond acceptors (Lipinski definition) is 1. The minimum Gasteiger partial charge on any atom is -0.496 e. The molecule has 0 aliphatic carbocycles. The summed E-state index contributed by atoms with van der Waals surface area (Å²) in [6.45, 7) is 0. The molecule has 0 unspecified atom stereocenters. The van der Waals surface area contributed by atoms with Gasteiger partial charge in [-0.05, 0) is 12.1 Å². The quantitative estimate of drug-likeness (QED) is 0.669. The number of rotatable bonds is 1. The first kappa shape index (κ1) is 11.1. The maximum absolute atomic E-state index is 12.9. The van der Waals surface area contributed by atoms with Gasteiger partial charge < -0.3 is 4.74 Å². The van der Waals surface area contributed by atoms with Crippen molar-refractivity contribution < 1.29 is 22.3 Å². The lowest BCUT2D eigenvalue weighted by atomic mass is 10.2. The first-order valence-electron chi connectivity index (χ1n) is 3.46. The van der Waals surface area contributed by atoms with Crippen molar-refractivity contribution in [3.63, 3.8) is 0 Å². The summed E-state index contributed by atoms with van der Waals surface area (Å²) in [5.41, 5.74) is -1.44. The highest BCUT2D eigenvalue weighted by Gasteiger charge is 2.38. The molecular weight excluding hydrogens is 224 g/mol. The summed E-state index contributed by atoms with van der Waals surface area (Å²) in [6.07, 6.45) is -4.79. The van der Waals surface area contributed by atoms with Crippen LogP contribution in [0.3, 0.4) is 0 Å². The predicted molar refractivity (Wildman–Crippen MR) is 43.0 cm³/mol. The molecule has 78 valence electrons. The average Bonchev–Trinajstić information content (AvgIpc) is 1.99. The molecule has 0 aromatic heterocycles. The maximum atomic E-state index is 12.9. The summed E-state index contributed by atoms with van der Waals surface area (Å²) in [5.74, 6) is -2.07. The van der Waals surface area contributed by atoms with Gasteiger partial charge in [0.05, 0.1) is 7.11 Å². The fourth-order valence-electron chi connectivity index (χ4n) is 0.986. The van der Waals surface area contributed by atoms with Gasteiger partial charge in [0.2, 0.25) is 0 Å². The number of methoxy groups -OCH3 is 1. The normalized spacial score (nSPS) is 11.6. The molecule has 0 spiro atoms. The zero-order chi connectivity index (χ0) is 10.9. The standard InChI is InChI=1S/C8H5ClF4O/c1-14-6-3-4(9)2-5(10)7(6)8(11,12)13/h2-3H,1H3. The van der Waals surface area contributed by atoms with E-state index in [0.717, 1.165) is 13.2 Å². The molecule has 0 saturated heterocycles. The highest BCUT2D eigenvalue weighted by atomic mass is 35.5. The van der Waals surface area contributed by atoms with Gasteiger partial charge in [-0.3, -0.25) is 0 Å². The fraction of sp³-hybridized carbons (Fsp3) is 0.250. The lowest BCUT2D eigenvalue weighted by molar-refractivity contribution is -0.141. The van der Waals surface area contributed by atoms with Gasteiger partial charge in [-0.1, -0.05) is 11.6 Å². The van der Waals surface area contributed by atoms with Gasteiger partial charge in [-0.15, -0.1) is 0 Å². The van der Waals surface area contributed by atoms with Crippen LogP contribution in [0.1, 0.15) is 5.56 Å². The van der Waals surface area contributed by atoms with Crippen LogP contribution in [0, 0.1) is 5.82 Å². The molecule has 0 aliphatic heterocycles. The topological polar surface area (TPSA) is 9.23 Å². The second kappa shape index (κ2) is 3.65. The molecule has 0 saturated carbocycles.